The van der Waals surface area contributed by atoms with Crippen molar-refractivity contribution >= 4 is 11.9 Å². The van der Waals surface area contributed by atoms with Crippen LogP contribution in [0.1, 0.15) is 40.2 Å². The second kappa shape index (κ2) is 9.66. The standard InChI is InChI=1S/C21H34N4O3/c1-7-22-20(24(6)13-19(26)25(8-2)9-3)23-14-21(4,5)16-10-11-17-18(12-16)28-15-27-17/h10-12H,7-9,13-15H2,1-6H3,(H,22,23). The summed E-state index contributed by atoms with van der Waals surface area (Å²) in [5, 5.41) is 3.29. The van der Waals surface area contributed by atoms with Crippen molar-refractivity contribution in [2.24, 2.45) is 4.99 Å². The Morgan fingerprint density at radius 2 is 1.86 bits per heavy atom. The van der Waals surface area contributed by atoms with Crippen LogP contribution in [0.2, 0.25) is 0 Å². The number of amides is 1. The average Bonchev–Trinajstić information content (AvgIpc) is 3.13. The van der Waals surface area contributed by atoms with Crippen LogP contribution in [0.4, 0.5) is 0 Å². The minimum absolute atomic E-state index is 0.105. The fourth-order valence-electron chi connectivity index (χ4n) is 3.11. The van der Waals surface area contributed by atoms with E-state index in [1.807, 2.05) is 49.8 Å². The minimum atomic E-state index is -0.189. The highest BCUT2D eigenvalue weighted by molar-refractivity contribution is 5.86. The molecule has 0 radical (unpaired) electrons. The van der Waals surface area contributed by atoms with E-state index >= 15 is 0 Å². The fraction of sp³-hybridized carbons (Fsp3) is 0.619. The largest absolute Gasteiger partial charge is 0.454 e. The molecule has 156 valence electrons. The fourth-order valence-corrected chi connectivity index (χ4v) is 3.11. The van der Waals surface area contributed by atoms with Gasteiger partial charge in [-0.1, -0.05) is 19.9 Å². The maximum Gasteiger partial charge on any atom is 0.242 e. The van der Waals surface area contributed by atoms with Crippen LogP contribution in [0, 0.1) is 0 Å². The van der Waals surface area contributed by atoms with Crippen LogP contribution in [0.5, 0.6) is 11.5 Å². The molecule has 0 atom stereocenters. The quantitative estimate of drug-likeness (QED) is 0.546. The number of nitrogens with one attached hydrogen (secondary N) is 1. The lowest BCUT2D eigenvalue weighted by molar-refractivity contribution is -0.131. The monoisotopic (exact) mass is 390 g/mol. The van der Waals surface area contributed by atoms with Gasteiger partial charge in [-0.25, -0.2) is 0 Å². The zero-order valence-electron chi connectivity index (χ0n) is 18.0. The van der Waals surface area contributed by atoms with Crippen LogP contribution in [-0.2, 0) is 10.2 Å². The van der Waals surface area contributed by atoms with Crippen LogP contribution in [0.3, 0.4) is 0 Å². The van der Waals surface area contributed by atoms with Crippen molar-refractivity contribution in [1.82, 2.24) is 15.1 Å². The molecule has 7 heteroatoms. The van der Waals surface area contributed by atoms with E-state index in [1.54, 1.807) is 0 Å². The summed E-state index contributed by atoms with van der Waals surface area (Å²) in [4.78, 5) is 21.0. The van der Waals surface area contributed by atoms with Crippen LogP contribution in [0.15, 0.2) is 23.2 Å². The molecule has 1 aliphatic heterocycles. The molecule has 0 fully saturated rings. The molecule has 1 N–H and O–H groups in total. The molecule has 1 heterocycles. The lowest BCUT2D eigenvalue weighted by Gasteiger charge is -2.28. The van der Waals surface area contributed by atoms with Gasteiger partial charge in [0.2, 0.25) is 12.7 Å². The molecule has 0 aliphatic carbocycles. The predicted molar refractivity (Wildman–Crippen MR) is 112 cm³/mol. The second-order valence-electron chi connectivity index (χ2n) is 7.54. The molecule has 0 spiro atoms. The van der Waals surface area contributed by atoms with Gasteiger partial charge in [0.25, 0.3) is 0 Å². The number of aliphatic imine (C=N–C) groups is 1. The highest BCUT2D eigenvalue weighted by atomic mass is 16.7. The molecule has 1 aromatic carbocycles. The van der Waals surface area contributed by atoms with Crippen LogP contribution in [-0.4, -0.2) is 68.2 Å². The highest BCUT2D eigenvalue weighted by Gasteiger charge is 2.24. The lowest BCUT2D eigenvalue weighted by atomic mass is 9.84. The summed E-state index contributed by atoms with van der Waals surface area (Å²) >= 11 is 0. The molecule has 1 amide bonds. The number of hydrogen-bond acceptors (Lipinski definition) is 4. The predicted octanol–water partition coefficient (Wildman–Crippen LogP) is 2.46. The maximum atomic E-state index is 12.4. The first-order valence-corrected chi connectivity index (χ1v) is 9.99. The van der Waals surface area contributed by atoms with Crippen molar-refractivity contribution in [3.05, 3.63) is 23.8 Å². The zero-order valence-corrected chi connectivity index (χ0v) is 18.0. The Kier molecular flexibility index (Phi) is 7.54. The first-order valence-electron chi connectivity index (χ1n) is 9.99. The van der Waals surface area contributed by atoms with E-state index in [9.17, 15) is 4.79 Å². The summed E-state index contributed by atoms with van der Waals surface area (Å²) in [6.45, 7) is 13.7. The summed E-state index contributed by atoms with van der Waals surface area (Å²) in [6, 6.07) is 6.03. The topological polar surface area (TPSA) is 66.4 Å². The Morgan fingerprint density at radius 3 is 2.50 bits per heavy atom. The number of nitrogens with zero attached hydrogens (tertiary/aromatic N) is 3. The first-order chi connectivity index (χ1) is 13.3. The minimum Gasteiger partial charge on any atom is -0.454 e. The number of guanidine groups is 1. The van der Waals surface area contributed by atoms with Gasteiger partial charge in [-0.2, -0.15) is 0 Å². The third-order valence-corrected chi connectivity index (χ3v) is 4.96. The Hall–Kier alpha value is -2.44. The van der Waals surface area contributed by atoms with Gasteiger partial charge in [-0.3, -0.25) is 9.79 Å². The molecule has 0 saturated heterocycles. The van der Waals surface area contributed by atoms with Crippen LogP contribution >= 0.6 is 0 Å². The van der Waals surface area contributed by atoms with E-state index in [1.165, 1.54) is 0 Å². The molecule has 2 rings (SSSR count). The molecule has 0 bridgehead atoms. The molecule has 7 nitrogen and oxygen atoms in total. The summed E-state index contributed by atoms with van der Waals surface area (Å²) in [7, 11) is 1.90. The maximum absolute atomic E-state index is 12.4. The van der Waals surface area contributed by atoms with Gasteiger partial charge in [0.1, 0.15) is 0 Å². The first kappa shape index (κ1) is 21.9. The van der Waals surface area contributed by atoms with Crippen LogP contribution < -0.4 is 14.8 Å². The van der Waals surface area contributed by atoms with Crippen molar-refractivity contribution in [3.8, 4) is 11.5 Å². The molecule has 0 unspecified atom stereocenters. The van der Waals surface area contributed by atoms with E-state index in [4.69, 9.17) is 14.5 Å². The molecular formula is C21H34N4O3. The van der Waals surface area contributed by atoms with Gasteiger partial charge in [0.15, 0.2) is 17.5 Å². The number of ether oxygens (including phenoxy) is 2. The van der Waals surface area contributed by atoms with E-state index < -0.39 is 0 Å². The number of hydrogen-bond donors (Lipinski definition) is 1. The van der Waals surface area contributed by atoms with Gasteiger partial charge in [-0.15, -0.1) is 0 Å². The summed E-state index contributed by atoms with van der Waals surface area (Å²) in [5.41, 5.74) is 0.948. The number of fused-ring (bicyclic) bond motifs is 1. The number of carbonyl (C=O) groups excluding carboxylic acids is 1. The van der Waals surface area contributed by atoms with E-state index in [-0.39, 0.29) is 18.1 Å². The van der Waals surface area contributed by atoms with E-state index in [2.05, 4.69) is 25.2 Å². The summed E-state index contributed by atoms with van der Waals surface area (Å²) in [5.74, 6) is 2.40. The third-order valence-electron chi connectivity index (χ3n) is 4.96. The molecule has 28 heavy (non-hydrogen) atoms. The molecular weight excluding hydrogens is 356 g/mol. The number of benzene rings is 1. The molecule has 1 aromatic rings. The third kappa shape index (κ3) is 5.30. The molecule has 0 saturated carbocycles. The normalized spacial score (nSPS) is 13.4. The average molecular weight is 391 g/mol. The Morgan fingerprint density at radius 1 is 1.18 bits per heavy atom. The molecule has 1 aliphatic rings. The van der Waals surface area contributed by atoms with Gasteiger partial charge >= 0.3 is 0 Å². The Labute approximate surface area is 168 Å². The number of rotatable bonds is 8. The van der Waals surface area contributed by atoms with Crippen molar-refractivity contribution in [1.29, 1.82) is 0 Å². The molecule has 0 aromatic heterocycles. The highest BCUT2D eigenvalue weighted by Crippen LogP contribution is 2.36. The summed E-state index contributed by atoms with van der Waals surface area (Å²) in [6.07, 6.45) is 0. The lowest BCUT2D eigenvalue weighted by Crippen LogP contribution is -2.46. The number of carbonyl (C=O) groups is 1. The Bertz CT molecular complexity index is 699. The smallest absolute Gasteiger partial charge is 0.242 e. The van der Waals surface area contributed by atoms with E-state index in [0.29, 0.717) is 26.2 Å². The van der Waals surface area contributed by atoms with E-state index in [0.717, 1.165) is 29.6 Å². The van der Waals surface area contributed by atoms with Crippen molar-refractivity contribution in [2.45, 2.75) is 40.0 Å². The van der Waals surface area contributed by atoms with Gasteiger partial charge in [0.05, 0.1) is 13.1 Å². The summed E-state index contributed by atoms with van der Waals surface area (Å²) < 4.78 is 10.9. The van der Waals surface area contributed by atoms with Crippen molar-refractivity contribution in [2.75, 3.05) is 46.6 Å². The Balaban J connectivity index is 2.10. The van der Waals surface area contributed by atoms with Gasteiger partial charge < -0.3 is 24.6 Å². The van der Waals surface area contributed by atoms with Crippen molar-refractivity contribution < 1.29 is 14.3 Å². The van der Waals surface area contributed by atoms with Crippen LogP contribution in [0.25, 0.3) is 0 Å². The van der Waals surface area contributed by atoms with Crippen molar-refractivity contribution in [3.63, 3.8) is 0 Å². The number of likely N-dealkylation sites (N-methyl/N-ethyl adjacent to an activating group) is 2. The van der Waals surface area contributed by atoms with Gasteiger partial charge in [-0.05, 0) is 38.5 Å². The SMILES string of the molecule is CCNC(=NCC(C)(C)c1ccc2c(c1)OCO2)N(C)CC(=O)N(CC)CC. The second-order valence-corrected chi connectivity index (χ2v) is 7.54. The zero-order chi connectivity index (χ0) is 20.7. The van der Waals surface area contributed by atoms with Gasteiger partial charge in [0, 0.05) is 32.1 Å².